The minimum absolute atomic E-state index is 0.0190. The second-order valence-corrected chi connectivity index (χ2v) is 8.66. The van der Waals surface area contributed by atoms with Crippen LogP contribution in [0.25, 0.3) is 0 Å². The van der Waals surface area contributed by atoms with Crippen LogP contribution in [0.3, 0.4) is 0 Å². The number of benzene rings is 1. The van der Waals surface area contributed by atoms with Gasteiger partial charge in [0.15, 0.2) is 17.3 Å². The van der Waals surface area contributed by atoms with E-state index in [-0.39, 0.29) is 25.0 Å². The van der Waals surface area contributed by atoms with Crippen molar-refractivity contribution in [3.8, 4) is 11.5 Å². The zero-order valence-corrected chi connectivity index (χ0v) is 21.3. The zero-order valence-electron chi connectivity index (χ0n) is 21.3. The summed E-state index contributed by atoms with van der Waals surface area (Å²) in [5, 5.41) is 5.49. The van der Waals surface area contributed by atoms with Gasteiger partial charge in [-0.05, 0) is 54.8 Å². The summed E-state index contributed by atoms with van der Waals surface area (Å²) in [6, 6.07) is 10.4. The van der Waals surface area contributed by atoms with E-state index in [0.29, 0.717) is 36.0 Å². The second-order valence-electron chi connectivity index (χ2n) is 8.66. The number of amides is 3. The number of hydrogen-bond donors (Lipinski definition) is 2. The molecule has 11 nitrogen and oxygen atoms in total. The van der Waals surface area contributed by atoms with Crippen molar-refractivity contribution in [1.29, 1.82) is 0 Å². The van der Waals surface area contributed by atoms with Crippen molar-refractivity contribution >= 4 is 17.7 Å². The lowest BCUT2D eigenvalue weighted by Crippen LogP contribution is -2.47. The Hall–Kier alpha value is -4.25. The lowest BCUT2D eigenvalue weighted by atomic mass is 10.0. The summed E-state index contributed by atoms with van der Waals surface area (Å²) in [5.41, 5.74) is 0.491. The maximum absolute atomic E-state index is 13.7. The molecule has 0 aliphatic carbocycles. The summed E-state index contributed by atoms with van der Waals surface area (Å²) in [6.07, 6.45) is 4.53. The molecule has 1 fully saturated rings. The van der Waals surface area contributed by atoms with Crippen molar-refractivity contribution in [2.75, 3.05) is 33.9 Å². The first-order chi connectivity index (χ1) is 18.5. The summed E-state index contributed by atoms with van der Waals surface area (Å²) in [4.78, 5) is 41.0. The average molecular weight is 526 g/mol. The Labute approximate surface area is 220 Å². The van der Waals surface area contributed by atoms with Gasteiger partial charge in [-0.2, -0.15) is 0 Å². The van der Waals surface area contributed by atoms with Crippen molar-refractivity contribution in [2.45, 2.75) is 31.5 Å². The van der Waals surface area contributed by atoms with Gasteiger partial charge in [0.25, 0.3) is 5.91 Å². The van der Waals surface area contributed by atoms with Crippen molar-refractivity contribution < 1.29 is 37.4 Å². The first kappa shape index (κ1) is 26.8. The van der Waals surface area contributed by atoms with E-state index in [2.05, 4.69) is 10.6 Å². The summed E-state index contributed by atoms with van der Waals surface area (Å²) >= 11 is 0. The van der Waals surface area contributed by atoms with E-state index in [1.807, 2.05) is 0 Å². The molecule has 4 rings (SSSR count). The lowest BCUT2D eigenvalue weighted by Gasteiger charge is -2.31. The minimum atomic E-state index is -1.07. The third-order valence-corrected chi connectivity index (χ3v) is 6.18. The Kier molecular flexibility index (Phi) is 9.04. The quantitative estimate of drug-likeness (QED) is 0.369. The predicted molar refractivity (Wildman–Crippen MR) is 135 cm³/mol. The maximum atomic E-state index is 13.7. The highest BCUT2D eigenvalue weighted by molar-refractivity contribution is 5.95. The molecule has 3 amide bonds. The highest BCUT2D eigenvalue weighted by Crippen LogP contribution is 2.33. The van der Waals surface area contributed by atoms with E-state index < -0.39 is 23.8 Å². The molecule has 2 N–H and O–H groups in total. The van der Waals surface area contributed by atoms with Gasteiger partial charge in [0.2, 0.25) is 11.8 Å². The molecule has 11 heteroatoms. The van der Waals surface area contributed by atoms with Gasteiger partial charge in [-0.1, -0.05) is 6.07 Å². The number of nitrogens with one attached hydrogen (secondary N) is 2. The summed E-state index contributed by atoms with van der Waals surface area (Å²) in [7, 11) is 3.00. The predicted octanol–water partition coefficient (Wildman–Crippen LogP) is 2.68. The van der Waals surface area contributed by atoms with Crippen LogP contribution in [0, 0.1) is 0 Å². The van der Waals surface area contributed by atoms with Crippen molar-refractivity contribution in [3.05, 3.63) is 72.1 Å². The Morgan fingerprint density at radius 2 is 1.82 bits per heavy atom. The largest absolute Gasteiger partial charge is 0.493 e. The van der Waals surface area contributed by atoms with Crippen molar-refractivity contribution in [1.82, 2.24) is 15.5 Å². The van der Waals surface area contributed by atoms with Crippen LogP contribution in [-0.4, -0.2) is 62.6 Å². The first-order valence-electron chi connectivity index (χ1n) is 12.2. The van der Waals surface area contributed by atoms with Crippen molar-refractivity contribution in [3.63, 3.8) is 0 Å². The molecule has 2 unspecified atom stereocenters. The average Bonchev–Trinajstić information content (AvgIpc) is 3.74. The molecule has 1 saturated heterocycles. The molecule has 0 radical (unpaired) electrons. The molecule has 0 spiro atoms. The molecule has 3 aromatic rings. The molecule has 38 heavy (non-hydrogen) atoms. The second kappa shape index (κ2) is 12.8. The van der Waals surface area contributed by atoms with Crippen LogP contribution in [0.5, 0.6) is 11.5 Å². The lowest BCUT2D eigenvalue weighted by molar-refractivity contribution is -0.141. The highest BCUT2D eigenvalue weighted by atomic mass is 16.5. The number of carbonyl (C=O) groups is 3. The molecule has 2 atom stereocenters. The Balaban J connectivity index is 1.64. The number of furan rings is 2. The molecular formula is C27H31N3O8. The topological polar surface area (TPSA) is 132 Å². The molecule has 0 bridgehead atoms. The number of carbonyl (C=O) groups excluding carboxylic acids is 3. The van der Waals surface area contributed by atoms with E-state index in [1.54, 1.807) is 36.4 Å². The van der Waals surface area contributed by atoms with Crippen LogP contribution in [0.15, 0.2) is 63.8 Å². The zero-order chi connectivity index (χ0) is 26.9. The monoisotopic (exact) mass is 525 g/mol. The smallest absolute Gasteiger partial charge is 0.287 e. The third-order valence-electron chi connectivity index (χ3n) is 6.18. The van der Waals surface area contributed by atoms with Crippen LogP contribution in [0.2, 0.25) is 0 Å². The standard InChI is InChI=1S/C27H31N3O8/c1-34-21-10-9-18(14-23(21)35-2)25(27(33)28-15-19-6-3-11-36-19)30(17-20-7-4-12-37-20)24(31)16-29-26(32)22-8-5-13-38-22/h4-5,7-10,12-14,19,25H,3,6,11,15-17H2,1-2H3,(H,28,33)(H,29,32). The van der Waals surface area contributed by atoms with Gasteiger partial charge in [-0.15, -0.1) is 0 Å². The van der Waals surface area contributed by atoms with Crippen molar-refractivity contribution in [2.24, 2.45) is 0 Å². The van der Waals surface area contributed by atoms with Crippen LogP contribution in [0.1, 0.15) is 40.8 Å². The van der Waals surface area contributed by atoms with E-state index in [4.69, 9.17) is 23.0 Å². The van der Waals surface area contributed by atoms with Gasteiger partial charge in [-0.3, -0.25) is 14.4 Å². The van der Waals surface area contributed by atoms with E-state index in [1.165, 1.54) is 37.7 Å². The van der Waals surface area contributed by atoms with Gasteiger partial charge >= 0.3 is 0 Å². The Bertz CT molecular complexity index is 1200. The Morgan fingerprint density at radius 1 is 1.03 bits per heavy atom. The molecule has 1 aromatic carbocycles. The van der Waals surface area contributed by atoms with Crippen LogP contribution >= 0.6 is 0 Å². The number of ether oxygens (including phenoxy) is 3. The van der Waals surface area contributed by atoms with E-state index in [9.17, 15) is 14.4 Å². The van der Waals surface area contributed by atoms with Gasteiger partial charge < -0.3 is 38.6 Å². The molecular weight excluding hydrogens is 494 g/mol. The minimum Gasteiger partial charge on any atom is -0.493 e. The Morgan fingerprint density at radius 3 is 2.47 bits per heavy atom. The number of hydrogen-bond acceptors (Lipinski definition) is 8. The summed E-state index contributed by atoms with van der Waals surface area (Å²) in [6.45, 7) is 0.566. The SMILES string of the molecule is COc1ccc(C(C(=O)NCC2CCCO2)N(Cc2ccco2)C(=O)CNC(=O)c2ccco2)cc1OC. The molecule has 1 aliphatic heterocycles. The molecule has 0 saturated carbocycles. The van der Waals surface area contributed by atoms with Crippen LogP contribution in [0.4, 0.5) is 0 Å². The fourth-order valence-corrected chi connectivity index (χ4v) is 4.26. The van der Waals surface area contributed by atoms with Gasteiger partial charge in [-0.25, -0.2) is 0 Å². The summed E-state index contributed by atoms with van der Waals surface area (Å²) in [5.74, 6) is -0.0535. The number of nitrogens with zero attached hydrogens (tertiary/aromatic N) is 1. The van der Waals surface area contributed by atoms with Gasteiger partial charge in [0.05, 0.1) is 45.9 Å². The molecule has 202 valence electrons. The van der Waals surface area contributed by atoms with E-state index >= 15 is 0 Å². The highest BCUT2D eigenvalue weighted by Gasteiger charge is 2.33. The first-order valence-corrected chi connectivity index (χ1v) is 12.2. The maximum Gasteiger partial charge on any atom is 0.287 e. The van der Waals surface area contributed by atoms with Crippen LogP contribution < -0.4 is 20.1 Å². The van der Waals surface area contributed by atoms with Gasteiger partial charge in [0.1, 0.15) is 11.8 Å². The molecule has 2 aromatic heterocycles. The van der Waals surface area contributed by atoms with Crippen LogP contribution in [-0.2, 0) is 20.9 Å². The fraction of sp³-hybridized carbons (Fsp3) is 0.370. The number of rotatable bonds is 12. The van der Waals surface area contributed by atoms with Gasteiger partial charge in [0, 0.05) is 13.2 Å². The third kappa shape index (κ3) is 6.54. The molecule has 3 heterocycles. The molecule has 1 aliphatic rings. The normalized spacial score (nSPS) is 15.5. The number of methoxy groups -OCH3 is 2. The fourth-order valence-electron chi connectivity index (χ4n) is 4.26. The summed E-state index contributed by atoms with van der Waals surface area (Å²) < 4.78 is 27.0. The van der Waals surface area contributed by atoms with E-state index in [0.717, 1.165) is 12.8 Å².